The van der Waals surface area contributed by atoms with Gasteiger partial charge in [0.2, 0.25) is 0 Å². The zero-order chi connectivity index (χ0) is 8.27. The van der Waals surface area contributed by atoms with Crippen molar-refractivity contribution in [2.24, 2.45) is 0 Å². The smallest absolute Gasteiger partial charge is 0.339 e. The van der Waals surface area contributed by atoms with Crippen molar-refractivity contribution in [1.82, 2.24) is 0 Å². The second-order valence-corrected chi connectivity index (χ2v) is 2.01. The summed E-state index contributed by atoms with van der Waals surface area (Å²) in [4.78, 5) is 10.5. The van der Waals surface area contributed by atoms with Crippen molar-refractivity contribution in [2.45, 2.75) is 0 Å². The molecule has 0 saturated carbocycles. The normalized spacial score (nSPS) is 8.42. The minimum atomic E-state index is -0.970. The number of benzene rings is 1. The maximum absolute atomic E-state index is 10.5. The summed E-state index contributed by atoms with van der Waals surface area (Å²) in [5, 5.41) is 8.62. The third-order valence-electron chi connectivity index (χ3n) is 1.34. The fourth-order valence-corrected chi connectivity index (χ4v) is 0.821. The van der Waals surface area contributed by atoms with Crippen LogP contribution in [0.1, 0.15) is 10.4 Å². The molecule has 1 aromatic carbocycles. The van der Waals surface area contributed by atoms with Gasteiger partial charge in [0.15, 0.2) is 0 Å². The molecular weight excluding hydrogens is 180 g/mol. The van der Waals surface area contributed by atoms with Crippen molar-refractivity contribution in [3.05, 3.63) is 29.8 Å². The summed E-state index contributed by atoms with van der Waals surface area (Å²) in [6.07, 6.45) is 0. The van der Waals surface area contributed by atoms with Gasteiger partial charge in [-0.15, -0.1) is 12.4 Å². The number of hydrogen-bond donors (Lipinski definition) is 1. The van der Waals surface area contributed by atoms with Gasteiger partial charge in [-0.25, -0.2) is 4.79 Å². The molecule has 0 bridgehead atoms. The van der Waals surface area contributed by atoms with E-state index in [4.69, 9.17) is 9.84 Å². The van der Waals surface area contributed by atoms with E-state index < -0.39 is 5.97 Å². The van der Waals surface area contributed by atoms with Crippen molar-refractivity contribution >= 4 is 18.4 Å². The van der Waals surface area contributed by atoms with Crippen molar-refractivity contribution in [1.29, 1.82) is 0 Å². The molecule has 4 heteroatoms. The molecule has 3 nitrogen and oxygen atoms in total. The van der Waals surface area contributed by atoms with Gasteiger partial charge in [-0.2, -0.15) is 0 Å². The molecule has 1 rings (SSSR count). The van der Waals surface area contributed by atoms with E-state index in [1.54, 1.807) is 18.2 Å². The van der Waals surface area contributed by atoms with Crippen LogP contribution >= 0.6 is 12.4 Å². The molecule has 1 N–H and O–H groups in total. The highest BCUT2D eigenvalue weighted by Crippen LogP contribution is 2.16. The summed E-state index contributed by atoms with van der Waals surface area (Å²) in [6, 6.07) is 6.50. The molecule has 0 unspecified atom stereocenters. The third-order valence-corrected chi connectivity index (χ3v) is 1.34. The number of aromatic carboxylic acids is 1. The van der Waals surface area contributed by atoms with E-state index in [0.717, 1.165) is 0 Å². The first-order chi connectivity index (χ1) is 5.25. The second kappa shape index (κ2) is 4.62. The van der Waals surface area contributed by atoms with Crippen LogP contribution in [0.2, 0.25) is 0 Å². The molecule has 0 atom stereocenters. The van der Waals surface area contributed by atoms with Crippen molar-refractivity contribution in [3.63, 3.8) is 0 Å². The number of carboxylic acid groups (broad SMARTS) is 1. The maximum Gasteiger partial charge on any atom is 0.339 e. The van der Waals surface area contributed by atoms with Crippen molar-refractivity contribution < 1.29 is 14.6 Å². The highest BCUT2D eigenvalue weighted by molar-refractivity contribution is 5.90. The molecule has 0 saturated heterocycles. The van der Waals surface area contributed by atoms with Crippen LogP contribution in [0.25, 0.3) is 0 Å². The zero-order valence-electron chi connectivity index (χ0n) is 6.48. The van der Waals surface area contributed by atoms with E-state index in [-0.39, 0.29) is 18.0 Å². The molecule has 1 aromatic rings. The molecule has 0 amide bonds. The van der Waals surface area contributed by atoms with Crippen LogP contribution in [0.15, 0.2) is 24.3 Å². The number of methoxy groups -OCH3 is 1. The van der Waals surface area contributed by atoms with E-state index >= 15 is 0 Å². The number of carbonyl (C=O) groups is 1. The Morgan fingerprint density at radius 2 is 2.00 bits per heavy atom. The van der Waals surface area contributed by atoms with E-state index in [0.29, 0.717) is 5.75 Å². The highest BCUT2D eigenvalue weighted by Gasteiger charge is 2.07. The van der Waals surface area contributed by atoms with E-state index in [1.807, 2.05) is 0 Å². The quantitative estimate of drug-likeness (QED) is 0.770. The Hall–Kier alpha value is -1.22. The lowest BCUT2D eigenvalue weighted by atomic mass is 10.2. The van der Waals surface area contributed by atoms with Gasteiger partial charge in [0, 0.05) is 0 Å². The van der Waals surface area contributed by atoms with Gasteiger partial charge in [-0.05, 0) is 12.1 Å². The number of rotatable bonds is 2. The molecular formula is C8H9ClO3. The highest BCUT2D eigenvalue weighted by atomic mass is 35.5. The number of para-hydroxylation sites is 1. The van der Waals surface area contributed by atoms with Gasteiger partial charge in [0.1, 0.15) is 11.3 Å². The molecule has 0 aliphatic heterocycles. The average Bonchev–Trinajstić information content (AvgIpc) is 2.04. The number of carboxylic acids is 1. The lowest BCUT2D eigenvalue weighted by Gasteiger charge is -2.01. The second-order valence-electron chi connectivity index (χ2n) is 2.01. The lowest BCUT2D eigenvalue weighted by Crippen LogP contribution is -1.99. The van der Waals surface area contributed by atoms with Crippen molar-refractivity contribution in [2.75, 3.05) is 7.11 Å². The molecule has 0 fully saturated rings. The van der Waals surface area contributed by atoms with Gasteiger partial charge >= 0.3 is 5.97 Å². The Morgan fingerprint density at radius 3 is 2.42 bits per heavy atom. The maximum atomic E-state index is 10.5. The summed E-state index contributed by atoms with van der Waals surface area (Å²) in [5.74, 6) is -0.581. The van der Waals surface area contributed by atoms with Crippen molar-refractivity contribution in [3.8, 4) is 5.75 Å². The van der Waals surface area contributed by atoms with Gasteiger partial charge < -0.3 is 9.84 Å². The summed E-state index contributed by atoms with van der Waals surface area (Å²) in [6.45, 7) is 0. The predicted molar refractivity (Wildman–Crippen MR) is 47.2 cm³/mol. The molecule has 12 heavy (non-hydrogen) atoms. The average molecular weight is 189 g/mol. The fourth-order valence-electron chi connectivity index (χ4n) is 0.821. The predicted octanol–water partition coefficient (Wildman–Crippen LogP) is 1.82. The van der Waals surface area contributed by atoms with Crippen LogP contribution in [0.5, 0.6) is 5.75 Å². The minimum absolute atomic E-state index is 0. The van der Waals surface area contributed by atoms with E-state index in [9.17, 15) is 4.79 Å². The molecule has 0 aromatic heterocycles. The summed E-state index contributed by atoms with van der Waals surface area (Å²) >= 11 is 0. The number of hydrogen-bond acceptors (Lipinski definition) is 2. The fraction of sp³-hybridized carbons (Fsp3) is 0.125. The minimum Gasteiger partial charge on any atom is -0.496 e. The van der Waals surface area contributed by atoms with Crippen LogP contribution in [0, 0.1) is 0 Å². The molecule has 0 spiro atoms. The molecule has 0 heterocycles. The monoisotopic (exact) mass is 188 g/mol. The SMILES string of the molecule is COc1ccccc1C(=O)O.Cl. The Kier molecular flexibility index (Phi) is 4.15. The zero-order valence-corrected chi connectivity index (χ0v) is 7.30. The standard InChI is InChI=1S/C8H8O3.ClH/c1-11-7-5-3-2-4-6(7)8(9)10;/h2-5H,1H3,(H,9,10);1H. The largest absolute Gasteiger partial charge is 0.496 e. The Morgan fingerprint density at radius 1 is 1.42 bits per heavy atom. The third kappa shape index (κ3) is 2.13. The first kappa shape index (κ1) is 10.8. The van der Waals surface area contributed by atoms with Crippen LogP contribution in [-0.4, -0.2) is 18.2 Å². The molecule has 66 valence electrons. The van der Waals surface area contributed by atoms with Crippen LogP contribution in [0.4, 0.5) is 0 Å². The first-order valence-corrected chi connectivity index (χ1v) is 3.12. The Labute approximate surface area is 76.4 Å². The molecule has 0 aliphatic rings. The molecule has 0 radical (unpaired) electrons. The van der Waals surface area contributed by atoms with Gasteiger partial charge in [-0.1, -0.05) is 12.1 Å². The van der Waals surface area contributed by atoms with Gasteiger partial charge in [0.25, 0.3) is 0 Å². The Bertz CT molecular complexity index is 273. The lowest BCUT2D eigenvalue weighted by molar-refractivity contribution is 0.0693. The van der Waals surface area contributed by atoms with E-state index in [2.05, 4.69) is 0 Å². The number of ether oxygens (including phenoxy) is 1. The summed E-state index contributed by atoms with van der Waals surface area (Å²) in [5.41, 5.74) is 0.190. The van der Waals surface area contributed by atoms with Crippen LogP contribution in [0.3, 0.4) is 0 Å². The summed E-state index contributed by atoms with van der Waals surface area (Å²) in [7, 11) is 1.45. The Balaban J connectivity index is 0.00000121. The summed E-state index contributed by atoms with van der Waals surface area (Å²) < 4.78 is 4.83. The van der Waals surface area contributed by atoms with Crippen LogP contribution < -0.4 is 4.74 Å². The first-order valence-electron chi connectivity index (χ1n) is 3.12. The topological polar surface area (TPSA) is 46.5 Å². The van der Waals surface area contributed by atoms with E-state index in [1.165, 1.54) is 13.2 Å². The van der Waals surface area contributed by atoms with Crippen LogP contribution in [-0.2, 0) is 0 Å². The van der Waals surface area contributed by atoms with Gasteiger partial charge in [-0.3, -0.25) is 0 Å². The number of halogens is 1. The van der Waals surface area contributed by atoms with Gasteiger partial charge in [0.05, 0.1) is 7.11 Å². The molecule has 0 aliphatic carbocycles.